The number of carbonyl (C=O) groups is 1. The molecule has 2 rings (SSSR count). The van der Waals surface area contributed by atoms with E-state index in [4.69, 9.17) is 5.11 Å². The van der Waals surface area contributed by atoms with Gasteiger partial charge in [-0.15, -0.1) is 0 Å². The molecule has 20 heavy (non-hydrogen) atoms. The fourth-order valence-electron chi connectivity index (χ4n) is 1.63. The summed E-state index contributed by atoms with van der Waals surface area (Å²) in [5, 5.41) is 18.0. The van der Waals surface area contributed by atoms with Crippen LogP contribution in [-0.4, -0.2) is 39.5 Å². The lowest BCUT2D eigenvalue weighted by molar-refractivity contribution is 0.0692. The third-order valence-corrected chi connectivity index (χ3v) is 3.83. The van der Waals surface area contributed by atoms with Crippen LogP contribution >= 0.6 is 0 Å². The molecule has 0 spiro atoms. The van der Waals surface area contributed by atoms with E-state index in [0.29, 0.717) is 0 Å². The molecule has 0 aromatic carbocycles. The molecule has 2 heterocycles. The Morgan fingerprint density at radius 3 is 2.80 bits per heavy atom. The standard InChI is InChI=1S/C10H13N5O4S/c1-6(2)15-8(3-4-12-15)14-20(18,19)9-7(10(16)17)5-11-13-9/h3-6,14H,1-2H3,(H,11,13)(H,16,17). The maximum absolute atomic E-state index is 12.2. The molecule has 10 heteroatoms. The average Bonchev–Trinajstić information content (AvgIpc) is 2.94. The Labute approximate surface area is 114 Å². The summed E-state index contributed by atoms with van der Waals surface area (Å²) in [4.78, 5) is 10.9. The molecule has 2 aromatic heterocycles. The van der Waals surface area contributed by atoms with Gasteiger partial charge in [-0.1, -0.05) is 0 Å². The van der Waals surface area contributed by atoms with E-state index in [2.05, 4.69) is 20.0 Å². The molecular weight excluding hydrogens is 286 g/mol. The summed E-state index contributed by atoms with van der Waals surface area (Å²) >= 11 is 0. The first kappa shape index (κ1) is 14.1. The van der Waals surface area contributed by atoms with Gasteiger partial charge in [0.2, 0.25) is 0 Å². The van der Waals surface area contributed by atoms with E-state index in [9.17, 15) is 13.2 Å². The maximum Gasteiger partial charge on any atom is 0.340 e. The molecule has 0 saturated carbocycles. The van der Waals surface area contributed by atoms with E-state index in [1.165, 1.54) is 16.9 Å². The van der Waals surface area contributed by atoms with Crippen molar-refractivity contribution in [3.05, 3.63) is 24.0 Å². The van der Waals surface area contributed by atoms with Gasteiger partial charge in [-0.3, -0.25) is 9.82 Å². The highest BCUT2D eigenvalue weighted by molar-refractivity contribution is 7.92. The van der Waals surface area contributed by atoms with Crippen molar-refractivity contribution in [3.8, 4) is 0 Å². The molecular formula is C10H13N5O4S. The molecule has 0 bridgehead atoms. The predicted molar refractivity (Wildman–Crippen MR) is 69.0 cm³/mol. The number of nitrogens with one attached hydrogen (secondary N) is 2. The number of anilines is 1. The van der Waals surface area contributed by atoms with Crippen molar-refractivity contribution in [1.29, 1.82) is 0 Å². The molecule has 3 N–H and O–H groups in total. The molecule has 0 atom stereocenters. The zero-order valence-electron chi connectivity index (χ0n) is 10.7. The molecule has 0 fully saturated rings. The maximum atomic E-state index is 12.2. The molecule has 0 saturated heterocycles. The number of sulfonamides is 1. The van der Waals surface area contributed by atoms with Crippen molar-refractivity contribution in [2.24, 2.45) is 0 Å². The normalized spacial score (nSPS) is 11.8. The van der Waals surface area contributed by atoms with E-state index in [0.717, 1.165) is 6.20 Å². The molecule has 9 nitrogen and oxygen atoms in total. The Bertz CT molecular complexity index is 730. The van der Waals surface area contributed by atoms with Crippen LogP contribution in [-0.2, 0) is 10.0 Å². The minimum atomic E-state index is -4.08. The lowest BCUT2D eigenvalue weighted by atomic mass is 10.4. The number of aromatic nitrogens is 4. The van der Waals surface area contributed by atoms with Crippen LogP contribution in [0.2, 0.25) is 0 Å². The molecule has 108 valence electrons. The third kappa shape index (κ3) is 2.50. The van der Waals surface area contributed by atoms with Crippen molar-refractivity contribution >= 4 is 21.8 Å². The van der Waals surface area contributed by atoms with Crippen LogP contribution in [0.15, 0.2) is 23.5 Å². The number of aromatic amines is 1. The quantitative estimate of drug-likeness (QED) is 0.744. The highest BCUT2D eigenvalue weighted by Gasteiger charge is 2.26. The van der Waals surface area contributed by atoms with Gasteiger partial charge in [0.05, 0.1) is 12.4 Å². The monoisotopic (exact) mass is 299 g/mol. The third-order valence-electron chi connectivity index (χ3n) is 2.50. The van der Waals surface area contributed by atoms with Crippen molar-refractivity contribution < 1.29 is 18.3 Å². The number of rotatable bonds is 5. The van der Waals surface area contributed by atoms with Gasteiger partial charge in [0, 0.05) is 12.1 Å². The fraction of sp³-hybridized carbons (Fsp3) is 0.300. The fourth-order valence-corrected chi connectivity index (χ4v) is 2.77. The molecule has 0 radical (unpaired) electrons. The first-order chi connectivity index (χ1) is 9.33. The second-order valence-corrected chi connectivity index (χ2v) is 5.90. The van der Waals surface area contributed by atoms with Crippen molar-refractivity contribution in [2.75, 3.05) is 4.72 Å². The van der Waals surface area contributed by atoms with Gasteiger partial charge in [0.15, 0.2) is 5.03 Å². The Kier molecular flexibility index (Phi) is 3.49. The van der Waals surface area contributed by atoms with Gasteiger partial charge >= 0.3 is 5.97 Å². The van der Waals surface area contributed by atoms with E-state index in [-0.39, 0.29) is 11.9 Å². The topological polar surface area (TPSA) is 130 Å². The largest absolute Gasteiger partial charge is 0.478 e. The first-order valence-electron chi connectivity index (χ1n) is 5.66. The van der Waals surface area contributed by atoms with Crippen LogP contribution in [0.25, 0.3) is 0 Å². The molecule has 0 amide bonds. The van der Waals surface area contributed by atoms with Crippen LogP contribution < -0.4 is 4.72 Å². The van der Waals surface area contributed by atoms with Crippen LogP contribution in [0.5, 0.6) is 0 Å². The number of hydrogen-bond acceptors (Lipinski definition) is 5. The Morgan fingerprint density at radius 2 is 2.20 bits per heavy atom. The lowest BCUT2D eigenvalue weighted by Gasteiger charge is -2.12. The minimum Gasteiger partial charge on any atom is -0.478 e. The number of hydrogen-bond donors (Lipinski definition) is 3. The summed E-state index contributed by atoms with van der Waals surface area (Å²) in [6.45, 7) is 3.67. The molecule has 0 unspecified atom stereocenters. The second kappa shape index (κ2) is 4.96. The number of H-pyrrole nitrogens is 1. The van der Waals surface area contributed by atoms with Gasteiger partial charge < -0.3 is 5.11 Å². The number of carboxylic acids is 1. The number of aromatic carboxylic acids is 1. The zero-order chi connectivity index (χ0) is 14.9. The van der Waals surface area contributed by atoms with Gasteiger partial charge in [0.1, 0.15) is 11.4 Å². The summed E-state index contributed by atoms with van der Waals surface area (Å²) < 4.78 is 28.1. The summed E-state index contributed by atoms with van der Waals surface area (Å²) in [6, 6.07) is 1.43. The SMILES string of the molecule is CC(C)n1nccc1NS(=O)(=O)c1[nH]ncc1C(=O)O. The van der Waals surface area contributed by atoms with Gasteiger partial charge in [-0.25, -0.2) is 9.48 Å². The van der Waals surface area contributed by atoms with E-state index in [1.807, 2.05) is 13.8 Å². The Hall–Kier alpha value is -2.36. The minimum absolute atomic E-state index is 0.0524. The Balaban J connectivity index is 2.39. The lowest BCUT2D eigenvalue weighted by Crippen LogP contribution is -2.19. The highest BCUT2D eigenvalue weighted by atomic mass is 32.2. The predicted octanol–water partition coefficient (Wildman–Crippen LogP) is 0.686. The summed E-state index contributed by atoms with van der Waals surface area (Å²) in [5.41, 5.74) is -0.423. The van der Waals surface area contributed by atoms with E-state index >= 15 is 0 Å². The average molecular weight is 299 g/mol. The second-order valence-electron chi connectivity index (χ2n) is 4.28. The van der Waals surface area contributed by atoms with E-state index in [1.54, 1.807) is 0 Å². The van der Waals surface area contributed by atoms with Crippen LogP contribution in [0, 0.1) is 0 Å². The van der Waals surface area contributed by atoms with Crippen LogP contribution in [0.1, 0.15) is 30.2 Å². The first-order valence-corrected chi connectivity index (χ1v) is 7.14. The van der Waals surface area contributed by atoms with Crippen LogP contribution in [0.4, 0.5) is 5.82 Å². The highest BCUT2D eigenvalue weighted by Crippen LogP contribution is 2.19. The van der Waals surface area contributed by atoms with Gasteiger partial charge in [0.25, 0.3) is 10.0 Å². The van der Waals surface area contributed by atoms with Crippen molar-refractivity contribution in [3.63, 3.8) is 0 Å². The zero-order valence-corrected chi connectivity index (χ0v) is 11.5. The molecule has 0 aliphatic carbocycles. The summed E-state index contributed by atoms with van der Waals surface area (Å²) in [7, 11) is -4.08. The van der Waals surface area contributed by atoms with Crippen molar-refractivity contribution in [2.45, 2.75) is 24.9 Å². The number of carboxylic acid groups (broad SMARTS) is 1. The smallest absolute Gasteiger partial charge is 0.340 e. The van der Waals surface area contributed by atoms with Crippen molar-refractivity contribution in [1.82, 2.24) is 20.0 Å². The van der Waals surface area contributed by atoms with Gasteiger partial charge in [-0.05, 0) is 13.8 Å². The summed E-state index contributed by atoms with van der Waals surface area (Å²) in [6.07, 6.45) is 2.39. The van der Waals surface area contributed by atoms with E-state index < -0.39 is 26.6 Å². The van der Waals surface area contributed by atoms with Crippen LogP contribution in [0.3, 0.4) is 0 Å². The number of nitrogens with zero attached hydrogens (tertiary/aromatic N) is 3. The van der Waals surface area contributed by atoms with Gasteiger partial charge in [-0.2, -0.15) is 18.6 Å². The summed E-state index contributed by atoms with van der Waals surface area (Å²) in [5.74, 6) is -1.14. The molecule has 2 aromatic rings. The Morgan fingerprint density at radius 1 is 1.50 bits per heavy atom. The molecule has 0 aliphatic heterocycles. The molecule has 0 aliphatic rings.